The van der Waals surface area contributed by atoms with Crippen molar-refractivity contribution in [1.29, 1.82) is 0 Å². The fourth-order valence-electron chi connectivity index (χ4n) is 3.34. The lowest BCUT2D eigenvalue weighted by molar-refractivity contribution is -0.137. The summed E-state index contributed by atoms with van der Waals surface area (Å²) in [5, 5.41) is 7.60. The normalized spacial score (nSPS) is 13.9. The van der Waals surface area contributed by atoms with Gasteiger partial charge < -0.3 is 5.32 Å². The van der Waals surface area contributed by atoms with E-state index >= 15 is 0 Å². The fraction of sp³-hybridized carbons (Fsp3) is 0.227. The van der Waals surface area contributed by atoms with Gasteiger partial charge in [-0.2, -0.15) is 23.3 Å². The molecular weight excluding hydrogens is 391 g/mol. The summed E-state index contributed by atoms with van der Waals surface area (Å²) in [5.74, 6) is 0.893. The summed E-state index contributed by atoms with van der Waals surface area (Å²) in [7, 11) is 0. The topological polar surface area (TPSA) is 55.6 Å². The van der Waals surface area contributed by atoms with Gasteiger partial charge in [-0.15, -0.1) is 0 Å². The summed E-state index contributed by atoms with van der Waals surface area (Å²) >= 11 is 0. The third-order valence-electron chi connectivity index (χ3n) is 4.83. The standard InChI is InChI=1S/C22H20F3N5/c1-2-15-14-27-30(20(15)16-7-6-8-17(13-16)22(23,24)25)19-11-12-26-21(29-19)28-18-9-4-3-5-10-18/h3-4,6-9,11-14H,2,5,10H2,1H3,(H,26,28,29). The number of anilines is 1. The monoisotopic (exact) mass is 411 g/mol. The zero-order chi connectivity index (χ0) is 21.1. The van der Waals surface area contributed by atoms with E-state index in [1.165, 1.54) is 6.07 Å². The van der Waals surface area contributed by atoms with E-state index in [9.17, 15) is 13.2 Å². The molecule has 0 radical (unpaired) electrons. The van der Waals surface area contributed by atoms with E-state index < -0.39 is 11.7 Å². The van der Waals surface area contributed by atoms with Crippen molar-refractivity contribution in [3.63, 3.8) is 0 Å². The van der Waals surface area contributed by atoms with E-state index in [0.29, 0.717) is 29.4 Å². The van der Waals surface area contributed by atoms with Gasteiger partial charge >= 0.3 is 6.18 Å². The Labute approximate surface area is 172 Å². The Hall–Kier alpha value is -3.42. The fourth-order valence-corrected chi connectivity index (χ4v) is 3.34. The molecule has 1 aliphatic rings. The highest BCUT2D eigenvalue weighted by Crippen LogP contribution is 2.34. The number of allylic oxidation sites excluding steroid dienone is 4. The Balaban J connectivity index is 1.75. The van der Waals surface area contributed by atoms with E-state index in [2.05, 4.69) is 26.5 Å². The SMILES string of the molecule is CCc1cnn(-c2ccnc(NC3=CC=CCC3)n2)c1-c1cccc(C(F)(F)F)c1. The van der Waals surface area contributed by atoms with E-state index in [1.54, 1.807) is 29.2 Å². The van der Waals surface area contributed by atoms with Crippen LogP contribution >= 0.6 is 0 Å². The van der Waals surface area contributed by atoms with Crippen LogP contribution in [0.4, 0.5) is 19.1 Å². The number of halogens is 3. The molecule has 0 saturated carbocycles. The second kappa shape index (κ2) is 8.14. The molecule has 4 rings (SSSR count). The zero-order valence-corrected chi connectivity index (χ0v) is 16.3. The van der Waals surface area contributed by atoms with Gasteiger partial charge in [0.15, 0.2) is 5.82 Å². The highest BCUT2D eigenvalue weighted by atomic mass is 19.4. The molecule has 0 amide bonds. The summed E-state index contributed by atoms with van der Waals surface area (Å²) in [4.78, 5) is 8.79. The maximum absolute atomic E-state index is 13.2. The average Bonchev–Trinajstić information content (AvgIpc) is 3.18. The Bertz CT molecular complexity index is 1110. The van der Waals surface area contributed by atoms with E-state index in [4.69, 9.17) is 0 Å². The molecular formula is C22H20F3N5. The van der Waals surface area contributed by atoms with E-state index in [-0.39, 0.29) is 0 Å². The number of aromatic nitrogens is 4. The number of alkyl halides is 3. The van der Waals surface area contributed by atoms with E-state index in [1.807, 2.05) is 19.1 Å². The molecule has 0 bridgehead atoms. The Morgan fingerprint density at radius 3 is 2.80 bits per heavy atom. The maximum atomic E-state index is 13.2. The molecule has 0 saturated heterocycles. The van der Waals surface area contributed by atoms with Crippen LogP contribution in [0.25, 0.3) is 17.1 Å². The summed E-state index contributed by atoms with van der Waals surface area (Å²) in [6, 6.07) is 6.96. The molecule has 3 aromatic rings. The molecule has 154 valence electrons. The molecule has 2 aromatic heterocycles. The highest BCUT2D eigenvalue weighted by molar-refractivity contribution is 5.66. The van der Waals surface area contributed by atoms with Crippen LogP contribution in [-0.2, 0) is 12.6 Å². The first-order chi connectivity index (χ1) is 14.5. The van der Waals surface area contributed by atoms with Gasteiger partial charge in [-0.3, -0.25) is 0 Å². The number of nitrogens with zero attached hydrogens (tertiary/aromatic N) is 4. The van der Waals surface area contributed by atoms with Gasteiger partial charge in [0.25, 0.3) is 0 Å². The van der Waals surface area contributed by atoms with Gasteiger partial charge in [0, 0.05) is 23.5 Å². The first-order valence-corrected chi connectivity index (χ1v) is 9.66. The average molecular weight is 411 g/mol. The quantitative estimate of drug-likeness (QED) is 0.598. The molecule has 0 spiro atoms. The Kier molecular flexibility index (Phi) is 5.39. The van der Waals surface area contributed by atoms with Crippen LogP contribution in [-0.4, -0.2) is 19.7 Å². The van der Waals surface area contributed by atoms with Crippen LogP contribution in [0.1, 0.15) is 30.9 Å². The van der Waals surface area contributed by atoms with Gasteiger partial charge in [-0.25, -0.2) is 9.67 Å². The lowest BCUT2D eigenvalue weighted by atomic mass is 10.0. The van der Waals surface area contributed by atoms with Gasteiger partial charge in [0.1, 0.15) is 0 Å². The number of aryl methyl sites for hydroxylation is 1. The number of nitrogens with one attached hydrogen (secondary N) is 1. The van der Waals surface area contributed by atoms with Crippen LogP contribution in [0.3, 0.4) is 0 Å². The summed E-state index contributed by atoms with van der Waals surface area (Å²) in [5.41, 5.74) is 2.17. The minimum Gasteiger partial charge on any atom is -0.328 e. The largest absolute Gasteiger partial charge is 0.416 e. The number of rotatable bonds is 5. The van der Waals surface area contributed by atoms with Crippen LogP contribution in [0.15, 0.2) is 66.7 Å². The first kappa shape index (κ1) is 19.9. The van der Waals surface area contributed by atoms with Gasteiger partial charge in [-0.1, -0.05) is 31.2 Å². The molecule has 8 heteroatoms. The number of hydrogen-bond donors (Lipinski definition) is 1. The minimum atomic E-state index is -4.42. The Morgan fingerprint density at radius 1 is 1.20 bits per heavy atom. The molecule has 1 aliphatic carbocycles. The van der Waals surface area contributed by atoms with E-state index in [0.717, 1.165) is 36.2 Å². The summed E-state index contributed by atoms with van der Waals surface area (Å²) in [6.45, 7) is 1.94. The molecule has 0 fully saturated rings. The zero-order valence-electron chi connectivity index (χ0n) is 16.3. The van der Waals surface area contributed by atoms with Crippen LogP contribution in [0.2, 0.25) is 0 Å². The van der Waals surface area contributed by atoms with Crippen molar-refractivity contribution in [3.05, 3.63) is 77.8 Å². The van der Waals surface area contributed by atoms with Crippen LogP contribution < -0.4 is 5.32 Å². The van der Waals surface area contributed by atoms with Crippen LogP contribution in [0.5, 0.6) is 0 Å². The van der Waals surface area contributed by atoms with Crippen LogP contribution in [0, 0.1) is 0 Å². The van der Waals surface area contributed by atoms with Gasteiger partial charge in [0.2, 0.25) is 5.95 Å². The summed E-state index contributed by atoms with van der Waals surface area (Å²) in [6.07, 6.45) is 7.31. The first-order valence-electron chi connectivity index (χ1n) is 9.66. The maximum Gasteiger partial charge on any atom is 0.416 e. The predicted molar refractivity (Wildman–Crippen MR) is 109 cm³/mol. The van der Waals surface area contributed by atoms with Crippen molar-refractivity contribution in [2.45, 2.75) is 32.4 Å². The lowest BCUT2D eigenvalue weighted by Crippen LogP contribution is -2.09. The number of hydrogen-bond acceptors (Lipinski definition) is 4. The van der Waals surface area contributed by atoms with Gasteiger partial charge in [0.05, 0.1) is 17.5 Å². The molecule has 0 atom stereocenters. The summed E-state index contributed by atoms with van der Waals surface area (Å²) < 4.78 is 41.3. The minimum absolute atomic E-state index is 0.414. The molecule has 30 heavy (non-hydrogen) atoms. The molecule has 2 heterocycles. The number of benzene rings is 1. The molecule has 1 aromatic carbocycles. The lowest BCUT2D eigenvalue weighted by Gasteiger charge is -2.14. The third kappa shape index (κ3) is 4.12. The second-order valence-electron chi connectivity index (χ2n) is 6.88. The molecule has 1 N–H and O–H groups in total. The molecule has 0 unspecified atom stereocenters. The van der Waals surface area contributed by atoms with Crippen molar-refractivity contribution < 1.29 is 13.2 Å². The molecule has 5 nitrogen and oxygen atoms in total. The van der Waals surface area contributed by atoms with Crippen molar-refractivity contribution in [2.24, 2.45) is 0 Å². The van der Waals surface area contributed by atoms with Crippen molar-refractivity contribution in [1.82, 2.24) is 19.7 Å². The smallest absolute Gasteiger partial charge is 0.328 e. The van der Waals surface area contributed by atoms with Crippen molar-refractivity contribution >= 4 is 5.95 Å². The third-order valence-corrected chi connectivity index (χ3v) is 4.83. The van der Waals surface area contributed by atoms with Crippen molar-refractivity contribution in [3.8, 4) is 17.1 Å². The Morgan fingerprint density at radius 2 is 2.07 bits per heavy atom. The van der Waals surface area contributed by atoms with Crippen molar-refractivity contribution in [2.75, 3.05) is 5.32 Å². The molecule has 0 aliphatic heterocycles. The second-order valence-corrected chi connectivity index (χ2v) is 6.88. The highest BCUT2D eigenvalue weighted by Gasteiger charge is 2.31. The predicted octanol–water partition coefficient (Wildman–Crippen LogP) is 5.56. The van der Waals surface area contributed by atoms with Gasteiger partial charge in [-0.05, 0) is 43.0 Å².